The monoisotopic (exact) mass is 278 g/mol. The lowest BCUT2D eigenvalue weighted by atomic mass is 9.84. The van der Waals surface area contributed by atoms with Crippen molar-refractivity contribution in [3.05, 3.63) is 34.6 Å². The number of hydrogen-bond acceptors (Lipinski definition) is 1. The van der Waals surface area contributed by atoms with Gasteiger partial charge in [0.15, 0.2) is 0 Å². The van der Waals surface area contributed by atoms with E-state index in [0.717, 1.165) is 24.0 Å². The fourth-order valence-electron chi connectivity index (χ4n) is 3.72. The van der Waals surface area contributed by atoms with Gasteiger partial charge in [0, 0.05) is 0 Å². The molecule has 1 aromatic rings. The Labute approximate surface area is 120 Å². The van der Waals surface area contributed by atoms with Gasteiger partial charge < -0.3 is 5.11 Å². The lowest BCUT2D eigenvalue weighted by Crippen LogP contribution is -2.10. The molecule has 0 bridgehead atoms. The summed E-state index contributed by atoms with van der Waals surface area (Å²) >= 11 is 0. The zero-order valence-corrected chi connectivity index (χ0v) is 12.4. The summed E-state index contributed by atoms with van der Waals surface area (Å²) < 4.78 is 13.8. The average Bonchev–Trinajstić information content (AvgIpc) is 2.63. The smallest absolute Gasteiger partial charge is 0.338 e. The molecule has 20 heavy (non-hydrogen) atoms. The van der Waals surface area contributed by atoms with Gasteiger partial charge in [-0.1, -0.05) is 46.1 Å². The predicted octanol–water partition coefficient (Wildman–Crippen LogP) is 4.94. The minimum atomic E-state index is -1.15. The van der Waals surface area contributed by atoms with Crippen LogP contribution in [0.25, 0.3) is 0 Å². The first-order valence-electron chi connectivity index (χ1n) is 7.54. The summed E-state index contributed by atoms with van der Waals surface area (Å²) in [6.45, 7) is 6.36. The number of carboxylic acids is 1. The predicted molar refractivity (Wildman–Crippen MR) is 77.8 cm³/mol. The van der Waals surface area contributed by atoms with Gasteiger partial charge in [0.2, 0.25) is 0 Å². The Morgan fingerprint density at radius 2 is 1.95 bits per heavy atom. The third-order valence-electron chi connectivity index (χ3n) is 4.81. The second-order valence-corrected chi connectivity index (χ2v) is 5.97. The standard InChI is InChI=1S/C17H23FO2/c1-4-5-6-7-12-10(2)13-8-9-14(18)16(17(19)20)15(13)11(12)3/h8-12H,4-7H2,1-3H3,(H,19,20). The van der Waals surface area contributed by atoms with E-state index in [1.165, 1.54) is 18.9 Å². The second kappa shape index (κ2) is 5.94. The van der Waals surface area contributed by atoms with Crippen LogP contribution in [0.15, 0.2) is 12.1 Å². The van der Waals surface area contributed by atoms with Crippen molar-refractivity contribution in [2.45, 2.75) is 58.3 Å². The number of unbranched alkanes of at least 4 members (excludes halogenated alkanes) is 2. The van der Waals surface area contributed by atoms with Crippen molar-refractivity contribution < 1.29 is 14.3 Å². The Morgan fingerprint density at radius 3 is 2.55 bits per heavy atom. The van der Waals surface area contributed by atoms with E-state index in [-0.39, 0.29) is 11.5 Å². The molecule has 1 aliphatic carbocycles. The van der Waals surface area contributed by atoms with Crippen LogP contribution in [-0.2, 0) is 0 Å². The fourth-order valence-corrected chi connectivity index (χ4v) is 3.72. The van der Waals surface area contributed by atoms with Crippen LogP contribution in [0.4, 0.5) is 4.39 Å². The molecular formula is C17H23FO2. The third-order valence-corrected chi connectivity index (χ3v) is 4.81. The Bertz CT molecular complexity index is 510. The van der Waals surface area contributed by atoms with Crippen LogP contribution in [0.1, 0.15) is 79.8 Å². The molecule has 1 N–H and O–H groups in total. The number of aromatic carboxylic acids is 1. The minimum absolute atomic E-state index is 0.111. The van der Waals surface area contributed by atoms with Crippen molar-refractivity contribution in [2.24, 2.45) is 5.92 Å². The topological polar surface area (TPSA) is 37.3 Å². The first-order valence-corrected chi connectivity index (χ1v) is 7.54. The van der Waals surface area contributed by atoms with Crippen molar-refractivity contribution in [1.82, 2.24) is 0 Å². The van der Waals surface area contributed by atoms with Gasteiger partial charge in [0.05, 0.1) is 5.56 Å². The maximum Gasteiger partial charge on any atom is 0.338 e. The van der Waals surface area contributed by atoms with E-state index in [9.17, 15) is 14.3 Å². The molecule has 0 aromatic heterocycles. The van der Waals surface area contributed by atoms with E-state index in [0.29, 0.717) is 11.8 Å². The SMILES string of the molecule is CCCCCC1C(C)c2ccc(F)c(C(=O)O)c2C1C. The van der Waals surface area contributed by atoms with Crippen LogP contribution < -0.4 is 0 Å². The highest BCUT2D eigenvalue weighted by Crippen LogP contribution is 2.50. The Balaban J connectivity index is 2.36. The number of carbonyl (C=O) groups is 1. The highest BCUT2D eigenvalue weighted by molar-refractivity contribution is 5.90. The Hall–Kier alpha value is -1.38. The molecule has 0 heterocycles. The maximum atomic E-state index is 13.8. The zero-order chi connectivity index (χ0) is 14.9. The molecule has 1 aliphatic rings. The molecule has 2 rings (SSSR count). The molecule has 3 atom stereocenters. The number of fused-ring (bicyclic) bond motifs is 1. The third kappa shape index (κ3) is 2.46. The highest BCUT2D eigenvalue weighted by atomic mass is 19.1. The minimum Gasteiger partial charge on any atom is -0.478 e. The van der Waals surface area contributed by atoms with E-state index in [4.69, 9.17) is 0 Å². The molecule has 3 unspecified atom stereocenters. The van der Waals surface area contributed by atoms with Gasteiger partial charge in [-0.3, -0.25) is 0 Å². The molecule has 2 nitrogen and oxygen atoms in total. The Morgan fingerprint density at radius 1 is 1.25 bits per heavy atom. The normalized spacial score (nSPS) is 24.7. The number of hydrogen-bond donors (Lipinski definition) is 1. The lowest BCUT2D eigenvalue weighted by molar-refractivity contribution is 0.0690. The fraction of sp³-hybridized carbons (Fsp3) is 0.588. The second-order valence-electron chi connectivity index (χ2n) is 5.97. The molecule has 0 fully saturated rings. The van der Waals surface area contributed by atoms with Gasteiger partial charge in [-0.15, -0.1) is 0 Å². The summed E-state index contributed by atoms with van der Waals surface area (Å²) in [5.74, 6) is -0.886. The number of rotatable bonds is 5. The quantitative estimate of drug-likeness (QED) is 0.774. The largest absolute Gasteiger partial charge is 0.478 e. The van der Waals surface area contributed by atoms with Crippen molar-refractivity contribution in [3.8, 4) is 0 Å². The molecule has 0 amide bonds. The molecule has 0 aliphatic heterocycles. The molecule has 0 saturated carbocycles. The van der Waals surface area contributed by atoms with Gasteiger partial charge >= 0.3 is 5.97 Å². The summed E-state index contributed by atoms with van der Waals surface area (Å²) in [4.78, 5) is 11.4. The first-order chi connectivity index (χ1) is 9.49. The summed E-state index contributed by atoms with van der Waals surface area (Å²) in [6.07, 6.45) is 4.63. The van der Waals surface area contributed by atoms with E-state index in [2.05, 4.69) is 13.8 Å². The summed E-state index contributed by atoms with van der Waals surface area (Å²) in [5, 5.41) is 9.29. The molecule has 110 valence electrons. The molecular weight excluding hydrogens is 255 g/mol. The summed E-state index contributed by atoms with van der Waals surface area (Å²) in [5.41, 5.74) is 1.64. The van der Waals surface area contributed by atoms with Crippen LogP contribution in [0.2, 0.25) is 0 Å². The summed E-state index contributed by atoms with van der Waals surface area (Å²) in [6, 6.07) is 3.08. The molecule has 0 saturated heterocycles. The van der Waals surface area contributed by atoms with Crippen LogP contribution in [0.5, 0.6) is 0 Å². The number of halogens is 1. The van der Waals surface area contributed by atoms with Crippen LogP contribution in [0, 0.1) is 11.7 Å². The molecule has 0 radical (unpaired) electrons. The van der Waals surface area contributed by atoms with Gasteiger partial charge in [-0.2, -0.15) is 0 Å². The summed E-state index contributed by atoms with van der Waals surface area (Å²) in [7, 11) is 0. The van der Waals surface area contributed by atoms with E-state index in [1.807, 2.05) is 6.92 Å². The molecule has 0 spiro atoms. The van der Waals surface area contributed by atoms with Gasteiger partial charge in [0.1, 0.15) is 5.82 Å². The van der Waals surface area contributed by atoms with Gasteiger partial charge in [0.25, 0.3) is 0 Å². The number of benzene rings is 1. The zero-order valence-electron chi connectivity index (χ0n) is 12.4. The van der Waals surface area contributed by atoms with Gasteiger partial charge in [-0.25, -0.2) is 9.18 Å². The van der Waals surface area contributed by atoms with E-state index < -0.39 is 11.8 Å². The van der Waals surface area contributed by atoms with Crippen molar-refractivity contribution in [3.63, 3.8) is 0 Å². The van der Waals surface area contributed by atoms with E-state index in [1.54, 1.807) is 6.07 Å². The molecule has 1 aromatic carbocycles. The highest BCUT2D eigenvalue weighted by Gasteiger charge is 2.38. The Kier molecular flexibility index (Phi) is 4.46. The van der Waals surface area contributed by atoms with Crippen LogP contribution in [-0.4, -0.2) is 11.1 Å². The van der Waals surface area contributed by atoms with Crippen molar-refractivity contribution >= 4 is 5.97 Å². The van der Waals surface area contributed by atoms with Crippen LogP contribution >= 0.6 is 0 Å². The maximum absolute atomic E-state index is 13.8. The van der Waals surface area contributed by atoms with Crippen LogP contribution in [0.3, 0.4) is 0 Å². The van der Waals surface area contributed by atoms with E-state index >= 15 is 0 Å². The first kappa shape index (κ1) is 15.0. The van der Waals surface area contributed by atoms with Gasteiger partial charge in [-0.05, 0) is 41.4 Å². The molecule has 3 heteroatoms. The number of carboxylic acid groups (broad SMARTS) is 1. The lowest BCUT2D eigenvalue weighted by Gasteiger charge is -2.20. The average molecular weight is 278 g/mol. The van der Waals surface area contributed by atoms with Crippen molar-refractivity contribution in [2.75, 3.05) is 0 Å². The van der Waals surface area contributed by atoms with Crippen molar-refractivity contribution in [1.29, 1.82) is 0 Å².